The van der Waals surface area contributed by atoms with Gasteiger partial charge >= 0.3 is 6.09 Å². The molecule has 4 atom stereocenters. The van der Waals surface area contributed by atoms with E-state index in [1.54, 1.807) is 45.0 Å². The first kappa shape index (κ1) is 21.2. The molecular weight excluding hydrogens is 394 g/mol. The number of ether oxygens (including phenoxy) is 1. The van der Waals surface area contributed by atoms with E-state index in [-0.39, 0.29) is 6.42 Å². The minimum atomic E-state index is -1.45. The van der Waals surface area contributed by atoms with Crippen molar-refractivity contribution in [3.05, 3.63) is 65.7 Å². The van der Waals surface area contributed by atoms with Gasteiger partial charge in [-0.15, -0.1) is 0 Å². The van der Waals surface area contributed by atoms with Gasteiger partial charge in [-0.25, -0.2) is 9.69 Å². The molecule has 6 nitrogen and oxygen atoms in total. The molecule has 0 unspecified atom stereocenters. The van der Waals surface area contributed by atoms with Crippen LogP contribution in [0.1, 0.15) is 50.7 Å². The molecule has 1 N–H and O–H groups in total. The number of aliphatic hydroxyl groups is 1. The highest BCUT2D eigenvalue weighted by molar-refractivity contribution is 6.22. The molecule has 1 aliphatic heterocycles. The molecule has 0 aromatic heterocycles. The molecular formula is C25H27NO5. The number of para-hydroxylation sites is 1. The molecule has 2 aromatic carbocycles. The van der Waals surface area contributed by atoms with Gasteiger partial charge in [0.1, 0.15) is 17.3 Å². The smallest absolute Gasteiger partial charge is 0.421 e. The van der Waals surface area contributed by atoms with E-state index in [4.69, 9.17) is 4.74 Å². The Morgan fingerprint density at radius 1 is 1.10 bits per heavy atom. The summed E-state index contributed by atoms with van der Waals surface area (Å²) in [6.07, 6.45) is -0.204. The Morgan fingerprint density at radius 2 is 1.74 bits per heavy atom. The summed E-state index contributed by atoms with van der Waals surface area (Å²) in [6, 6.07) is 16.3. The summed E-state index contributed by atoms with van der Waals surface area (Å²) in [5, 5.41) is 11.3. The second-order valence-corrected chi connectivity index (χ2v) is 9.29. The number of amides is 2. The number of rotatable bonds is 2. The molecule has 1 spiro atoms. The predicted octanol–water partition coefficient (Wildman–Crippen LogP) is 3.96. The van der Waals surface area contributed by atoms with E-state index in [0.717, 1.165) is 16.7 Å². The number of anilines is 1. The topological polar surface area (TPSA) is 83.9 Å². The number of aliphatic hydroxyl groups excluding tert-OH is 1. The van der Waals surface area contributed by atoms with Gasteiger partial charge in [-0.05, 0) is 50.8 Å². The van der Waals surface area contributed by atoms with E-state index in [0.29, 0.717) is 17.7 Å². The van der Waals surface area contributed by atoms with E-state index < -0.39 is 41.0 Å². The Balaban J connectivity index is 1.95. The zero-order valence-electron chi connectivity index (χ0n) is 17.9. The summed E-state index contributed by atoms with van der Waals surface area (Å²) in [6.45, 7) is 5.20. The number of aldehydes is 1. The summed E-state index contributed by atoms with van der Waals surface area (Å²) in [5.41, 5.74) is -0.504. The molecule has 2 amide bonds. The highest BCUT2D eigenvalue weighted by atomic mass is 16.6. The number of imide groups is 1. The highest BCUT2D eigenvalue weighted by Gasteiger charge is 2.64. The lowest BCUT2D eigenvalue weighted by Gasteiger charge is -2.46. The number of hydrogen-bond donors (Lipinski definition) is 1. The van der Waals surface area contributed by atoms with Gasteiger partial charge in [0.15, 0.2) is 0 Å². The van der Waals surface area contributed by atoms with Crippen LogP contribution in [0.4, 0.5) is 10.5 Å². The van der Waals surface area contributed by atoms with E-state index in [9.17, 15) is 19.5 Å². The first-order valence-electron chi connectivity index (χ1n) is 10.6. The van der Waals surface area contributed by atoms with Crippen molar-refractivity contribution in [2.75, 3.05) is 4.90 Å². The Bertz CT molecular complexity index is 1010. The summed E-state index contributed by atoms with van der Waals surface area (Å²) in [4.78, 5) is 40.3. The summed E-state index contributed by atoms with van der Waals surface area (Å²) in [5.74, 6) is -1.62. The van der Waals surface area contributed by atoms with Gasteiger partial charge in [0.05, 0.1) is 11.8 Å². The molecule has 1 heterocycles. The Hall–Kier alpha value is -2.99. The van der Waals surface area contributed by atoms with Gasteiger partial charge in [0.2, 0.25) is 0 Å². The third-order valence-electron chi connectivity index (χ3n) is 6.27. The standard InChI is InChI=1S/C25H27NO5/c1-24(2,3)31-23(30)26-19-12-8-7-11-18(19)25(22(26)29)20(28)14-13-17(15-27)21(25)16-9-5-4-6-10-16/h4-12,15,17,20-21,28H,13-14H2,1-3H3/t17-,20+,21-,25+/m0/s1. The number of nitrogens with zero attached hydrogens (tertiary/aromatic N) is 1. The lowest BCUT2D eigenvalue weighted by molar-refractivity contribution is -0.133. The van der Waals surface area contributed by atoms with Gasteiger partial charge in [0.25, 0.3) is 5.91 Å². The molecule has 2 aliphatic rings. The first-order chi connectivity index (χ1) is 14.7. The van der Waals surface area contributed by atoms with E-state index >= 15 is 0 Å². The van der Waals surface area contributed by atoms with Crippen molar-refractivity contribution in [2.45, 2.75) is 56.7 Å². The molecule has 1 fully saturated rings. The second-order valence-electron chi connectivity index (χ2n) is 9.29. The first-order valence-corrected chi connectivity index (χ1v) is 10.6. The number of carbonyl (C=O) groups is 3. The summed E-state index contributed by atoms with van der Waals surface area (Å²) < 4.78 is 5.53. The lowest BCUT2D eigenvalue weighted by atomic mass is 9.56. The summed E-state index contributed by atoms with van der Waals surface area (Å²) in [7, 11) is 0. The van der Waals surface area contributed by atoms with E-state index in [2.05, 4.69) is 0 Å². The van der Waals surface area contributed by atoms with Crippen molar-refractivity contribution >= 4 is 24.0 Å². The van der Waals surface area contributed by atoms with Gasteiger partial charge in [-0.3, -0.25) is 4.79 Å². The van der Waals surface area contributed by atoms with Crippen molar-refractivity contribution < 1.29 is 24.2 Å². The number of fused-ring (bicyclic) bond motifs is 2. The fraction of sp³-hybridized carbons (Fsp3) is 0.400. The number of hydrogen-bond acceptors (Lipinski definition) is 5. The van der Waals surface area contributed by atoms with E-state index in [1.165, 1.54) is 0 Å². The molecule has 1 saturated carbocycles. The van der Waals surface area contributed by atoms with Crippen LogP contribution in [0.5, 0.6) is 0 Å². The van der Waals surface area contributed by atoms with Crippen molar-refractivity contribution in [1.82, 2.24) is 0 Å². The lowest BCUT2D eigenvalue weighted by Crippen LogP contribution is -2.58. The van der Waals surface area contributed by atoms with Crippen molar-refractivity contribution in [3.8, 4) is 0 Å². The molecule has 1 aliphatic carbocycles. The van der Waals surface area contributed by atoms with Crippen molar-refractivity contribution in [3.63, 3.8) is 0 Å². The van der Waals surface area contributed by atoms with Crippen molar-refractivity contribution in [2.24, 2.45) is 5.92 Å². The third kappa shape index (κ3) is 3.26. The predicted molar refractivity (Wildman–Crippen MR) is 116 cm³/mol. The van der Waals surface area contributed by atoms with Crippen LogP contribution in [0.25, 0.3) is 0 Å². The number of benzene rings is 2. The SMILES string of the molecule is CC(C)(C)OC(=O)N1C(=O)[C@]2(c3ccccc31)[C@H](O)CC[C@@H](C=O)[C@@H]2c1ccccc1. The van der Waals surface area contributed by atoms with Crippen LogP contribution in [0.2, 0.25) is 0 Å². The van der Waals surface area contributed by atoms with Gasteiger partial charge in [0, 0.05) is 11.8 Å². The maximum absolute atomic E-state index is 14.1. The zero-order valence-corrected chi connectivity index (χ0v) is 17.9. The molecule has 2 aromatic rings. The normalized spacial score (nSPS) is 27.8. The Kier molecular flexibility index (Phi) is 5.21. The number of carbonyl (C=O) groups excluding carboxylic acids is 3. The van der Waals surface area contributed by atoms with E-state index in [1.807, 2.05) is 30.3 Å². The fourth-order valence-corrected chi connectivity index (χ4v) is 5.15. The third-order valence-corrected chi connectivity index (χ3v) is 6.27. The van der Waals surface area contributed by atoms with Crippen LogP contribution in [0.15, 0.2) is 54.6 Å². The quantitative estimate of drug-likeness (QED) is 0.742. The van der Waals surface area contributed by atoms with Gasteiger partial charge in [-0.2, -0.15) is 0 Å². The van der Waals surface area contributed by atoms with Crippen LogP contribution in [-0.2, 0) is 19.7 Å². The van der Waals surface area contributed by atoms with Crippen LogP contribution in [0, 0.1) is 5.92 Å². The van der Waals surface area contributed by atoms with Gasteiger partial charge < -0.3 is 14.6 Å². The zero-order chi connectivity index (χ0) is 22.4. The average molecular weight is 421 g/mol. The van der Waals surface area contributed by atoms with Crippen LogP contribution < -0.4 is 4.90 Å². The Labute approximate surface area is 181 Å². The monoisotopic (exact) mass is 421 g/mol. The van der Waals surface area contributed by atoms with Crippen LogP contribution in [-0.4, -0.2) is 35.1 Å². The van der Waals surface area contributed by atoms with Crippen LogP contribution in [0.3, 0.4) is 0 Å². The largest absolute Gasteiger partial charge is 0.443 e. The maximum atomic E-state index is 14.1. The molecule has 6 heteroatoms. The second kappa shape index (κ2) is 7.61. The molecule has 31 heavy (non-hydrogen) atoms. The Morgan fingerprint density at radius 3 is 2.39 bits per heavy atom. The fourth-order valence-electron chi connectivity index (χ4n) is 5.15. The average Bonchev–Trinajstić information content (AvgIpc) is 2.98. The molecule has 0 radical (unpaired) electrons. The minimum Gasteiger partial charge on any atom is -0.443 e. The van der Waals surface area contributed by atoms with Crippen LogP contribution >= 0.6 is 0 Å². The van der Waals surface area contributed by atoms with Gasteiger partial charge in [-0.1, -0.05) is 48.5 Å². The molecule has 0 saturated heterocycles. The minimum absolute atomic E-state index is 0.287. The molecule has 4 rings (SSSR count). The van der Waals surface area contributed by atoms with Crippen molar-refractivity contribution in [1.29, 1.82) is 0 Å². The molecule has 0 bridgehead atoms. The highest BCUT2D eigenvalue weighted by Crippen LogP contribution is 2.58. The maximum Gasteiger partial charge on any atom is 0.421 e. The molecule has 162 valence electrons. The summed E-state index contributed by atoms with van der Waals surface area (Å²) >= 11 is 0.